The van der Waals surface area contributed by atoms with Crippen LogP contribution in [0.3, 0.4) is 0 Å². The molecule has 98 valence electrons. The molecule has 0 spiro atoms. The molecule has 2 aromatic rings. The van der Waals surface area contributed by atoms with Crippen LogP contribution in [0.2, 0.25) is 0 Å². The Balaban J connectivity index is 1.68. The highest BCUT2D eigenvalue weighted by Gasteiger charge is 2.08. The fraction of sp³-hybridized carbons (Fsp3) is 0.250. The number of benzene rings is 2. The monoisotopic (exact) mass is 255 g/mol. The summed E-state index contributed by atoms with van der Waals surface area (Å²) in [5, 5.41) is 12.6. The van der Waals surface area contributed by atoms with Gasteiger partial charge in [-0.3, -0.25) is 0 Å². The standard InChI is InChI=1S/C16H17NO2/c18-15-3-5-16(6-4-15)19-11-12-1-2-13-7-8-17-10-14(13)9-12/h1-6,9,17-18H,7-8,10-11H2. The maximum absolute atomic E-state index is 9.21. The first kappa shape index (κ1) is 12.1. The summed E-state index contributed by atoms with van der Waals surface area (Å²) in [5.74, 6) is 1.03. The van der Waals surface area contributed by atoms with Gasteiger partial charge in [-0.15, -0.1) is 0 Å². The van der Waals surface area contributed by atoms with E-state index in [1.165, 1.54) is 16.7 Å². The molecule has 0 saturated carbocycles. The molecule has 1 aliphatic heterocycles. The third-order valence-electron chi connectivity index (χ3n) is 3.40. The average Bonchev–Trinajstić information content (AvgIpc) is 2.46. The van der Waals surface area contributed by atoms with Crippen LogP contribution in [0.4, 0.5) is 0 Å². The first-order valence-electron chi connectivity index (χ1n) is 6.54. The molecular weight excluding hydrogens is 238 g/mol. The molecule has 2 aromatic carbocycles. The summed E-state index contributed by atoms with van der Waals surface area (Å²) in [6.45, 7) is 2.57. The van der Waals surface area contributed by atoms with Gasteiger partial charge in [-0.2, -0.15) is 0 Å². The molecule has 0 bridgehead atoms. The molecule has 0 aromatic heterocycles. The number of phenolic OH excluding ortho intramolecular Hbond substituents is 1. The Morgan fingerprint density at radius 3 is 2.74 bits per heavy atom. The fourth-order valence-corrected chi connectivity index (χ4v) is 2.33. The molecule has 19 heavy (non-hydrogen) atoms. The van der Waals surface area contributed by atoms with E-state index in [4.69, 9.17) is 4.74 Å². The van der Waals surface area contributed by atoms with Gasteiger partial charge in [0.1, 0.15) is 18.1 Å². The molecule has 0 fully saturated rings. The second kappa shape index (κ2) is 5.33. The molecule has 0 unspecified atom stereocenters. The van der Waals surface area contributed by atoms with Crippen LogP contribution in [0.25, 0.3) is 0 Å². The molecule has 1 heterocycles. The maximum atomic E-state index is 9.21. The number of nitrogens with one attached hydrogen (secondary N) is 1. The zero-order valence-electron chi connectivity index (χ0n) is 10.7. The van der Waals surface area contributed by atoms with Crippen LogP contribution in [0.1, 0.15) is 16.7 Å². The van der Waals surface area contributed by atoms with Crippen LogP contribution in [-0.2, 0) is 19.6 Å². The van der Waals surface area contributed by atoms with E-state index < -0.39 is 0 Å². The minimum absolute atomic E-state index is 0.257. The van der Waals surface area contributed by atoms with E-state index in [0.29, 0.717) is 6.61 Å². The smallest absolute Gasteiger partial charge is 0.120 e. The number of rotatable bonds is 3. The summed E-state index contributed by atoms with van der Waals surface area (Å²) in [7, 11) is 0. The van der Waals surface area contributed by atoms with Gasteiger partial charge in [0.2, 0.25) is 0 Å². The molecule has 3 rings (SSSR count). The maximum Gasteiger partial charge on any atom is 0.120 e. The Bertz CT molecular complexity index is 563. The molecule has 0 amide bonds. The van der Waals surface area contributed by atoms with Gasteiger partial charge in [0.05, 0.1) is 0 Å². The van der Waals surface area contributed by atoms with Gasteiger partial charge >= 0.3 is 0 Å². The molecule has 3 heteroatoms. The minimum Gasteiger partial charge on any atom is -0.508 e. The SMILES string of the molecule is Oc1ccc(OCc2ccc3c(c2)CNCC3)cc1. The van der Waals surface area contributed by atoms with Crippen molar-refractivity contribution in [3.8, 4) is 11.5 Å². The third-order valence-corrected chi connectivity index (χ3v) is 3.40. The van der Waals surface area contributed by atoms with Crippen LogP contribution < -0.4 is 10.1 Å². The summed E-state index contributed by atoms with van der Waals surface area (Å²) in [6.07, 6.45) is 1.11. The highest BCUT2D eigenvalue weighted by Crippen LogP contribution is 2.19. The van der Waals surface area contributed by atoms with E-state index in [0.717, 1.165) is 25.3 Å². The summed E-state index contributed by atoms with van der Waals surface area (Å²) >= 11 is 0. The van der Waals surface area contributed by atoms with Crippen LogP contribution in [0.15, 0.2) is 42.5 Å². The van der Waals surface area contributed by atoms with Gasteiger partial charge in [-0.05, 0) is 53.9 Å². The molecule has 0 saturated heterocycles. The van der Waals surface area contributed by atoms with E-state index in [-0.39, 0.29) is 5.75 Å². The molecule has 0 aliphatic carbocycles. The second-order valence-electron chi connectivity index (χ2n) is 4.81. The van der Waals surface area contributed by atoms with E-state index in [2.05, 4.69) is 23.5 Å². The number of fused-ring (bicyclic) bond motifs is 1. The van der Waals surface area contributed by atoms with Gasteiger partial charge < -0.3 is 15.2 Å². The number of hydrogen-bond acceptors (Lipinski definition) is 3. The third kappa shape index (κ3) is 2.88. The Morgan fingerprint density at radius 1 is 1.05 bits per heavy atom. The lowest BCUT2D eigenvalue weighted by molar-refractivity contribution is 0.305. The zero-order chi connectivity index (χ0) is 13.1. The Kier molecular flexibility index (Phi) is 3.38. The summed E-state index contributed by atoms with van der Waals surface area (Å²) in [6, 6.07) is 13.3. The predicted molar refractivity (Wildman–Crippen MR) is 74.3 cm³/mol. The van der Waals surface area contributed by atoms with Crippen LogP contribution in [0, 0.1) is 0 Å². The molecule has 0 radical (unpaired) electrons. The van der Waals surface area contributed by atoms with E-state index in [1.54, 1.807) is 24.3 Å². The molecular formula is C16H17NO2. The van der Waals surface area contributed by atoms with E-state index in [1.807, 2.05) is 0 Å². The summed E-state index contributed by atoms with van der Waals surface area (Å²) < 4.78 is 5.71. The molecule has 3 nitrogen and oxygen atoms in total. The lowest BCUT2D eigenvalue weighted by Gasteiger charge is -2.18. The number of hydrogen-bond donors (Lipinski definition) is 2. The quantitative estimate of drug-likeness (QED) is 0.886. The van der Waals surface area contributed by atoms with Crippen LogP contribution in [-0.4, -0.2) is 11.7 Å². The molecule has 1 aliphatic rings. The topological polar surface area (TPSA) is 41.5 Å². The zero-order valence-corrected chi connectivity index (χ0v) is 10.7. The van der Waals surface area contributed by atoms with Gasteiger partial charge in [0, 0.05) is 6.54 Å². The van der Waals surface area contributed by atoms with E-state index >= 15 is 0 Å². The Hall–Kier alpha value is -2.00. The van der Waals surface area contributed by atoms with Crippen molar-refractivity contribution in [1.29, 1.82) is 0 Å². The van der Waals surface area contributed by atoms with Crippen molar-refractivity contribution in [1.82, 2.24) is 5.32 Å². The van der Waals surface area contributed by atoms with Gasteiger partial charge in [0.25, 0.3) is 0 Å². The fourth-order valence-electron chi connectivity index (χ4n) is 2.33. The van der Waals surface area contributed by atoms with Crippen molar-refractivity contribution in [2.75, 3.05) is 6.54 Å². The predicted octanol–water partition coefficient (Wildman–Crippen LogP) is 2.62. The highest BCUT2D eigenvalue weighted by molar-refractivity contribution is 5.34. The van der Waals surface area contributed by atoms with Gasteiger partial charge in [-0.1, -0.05) is 18.2 Å². The normalized spacial score (nSPS) is 13.9. The minimum atomic E-state index is 0.257. The average molecular weight is 255 g/mol. The highest BCUT2D eigenvalue weighted by atomic mass is 16.5. The van der Waals surface area contributed by atoms with Crippen LogP contribution >= 0.6 is 0 Å². The first-order valence-corrected chi connectivity index (χ1v) is 6.54. The Labute approximate surface area is 112 Å². The molecule has 0 atom stereocenters. The Morgan fingerprint density at radius 2 is 1.89 bits per heavy atom. The van der Waals surface area contributed by atoms with Crippen molar-refractivity contribution in [3.63, 3.8) is 0 Å². The van der Waals surface area contributed by atoms with Crippen molar-refractivity contribution in [2.45, 2.75) is 19.6 Å². The lowest BCUT2D eigenvalue weighted by Crippen LogP contribution is -2.23. The summed E-state index contributed by atoms with van der Waals surface area (Å²) in [5.41, 5.74) is 3.99. The first-order chi connectivity index (χ1) is 9.31. The largest absolute Gasteiger partial charge is 0.508 e. The van der Waals surface area contributed by atoms with Crippen molar-refractivity contribution >= 4 is 0 Å². The van der Waals surface area contributed by atoms with Gasteiger partial charge in [0.15, 0.2) is 0 Å². The van der Waals surface area contributed by atoms with Crippen molar-refractivity contribution in [2.24, 2.45) is 0 Å². The van der Waals surface area contributed by atoms with Crippen molar-refractivity contribution in [3.05, 3.63) is 59.2 Å². The second-order valence-corrected chi connectivity index (χ2v) is 4.81. The number of aromatic hydroxyl groups is 1. The van der Waals surface area contributed by atoms with Gasteiger partial charge in [-0.25, -0.2) is 0 Å². The van der Waals surface area contributed by atoms with Crippen LogP contribution in [0.5, 0.6) is 11.5 Å². The molecule has 2 N–H and O–H groups in total. The number of ether oxygens (including phenoxy) is 1. The number of phenols is 1. The van der Waals surface area contributed by atoms with E-state index in [9.17, 15) is 5.11 Å². The summed E-state index contributed by atoms with van der Waals surface area (Å²) in [4.78, 5) is 0. The van der Waals surface area contributed by atoms with Crippen molar-refractivity contribution < 1.29 is 9.84 Å². The lowest BCUT2D eigenvalue weighted by atomic mass is 9.99.